The Balaban J connectivity index is 2.08. The van der Waals surface area contributed by atoms with E-state index in [9.17, 15) is 4.79 Å². The minimum absolute atomic E-state index is 0.0878. The van der Waals surface area contributed by atoms with Gasteiger partial charge in [0.1, 0.15) is 0 Å². The molecule has 18 heavy (non-hydrogen) atoms. The molecule has 0 aromatic heterocycles. The zero-order valence-corrected chi connectivity index (χ0v) is 11.1. The van der Waals surface area contributed by atoms with Crippen LogP contribution < -0.4 is 5.73 Å². The topological polar surface area (TPSA) is 46.3 Å². The number of carbonyl (C=O) groups excluding carboxylic acids is 1. The highest BCUT2D eigenvalue weighted by Crippen LogP contribution is 2.22. The van der Waals surface area contributed by atoms with E-state index in [2.05, 4.69) is 6.92 Å². The summed E-state index contributed by atoms with van der Waals surface area (Å²) in [6.45, 7) is 3.96. The summed E-state index contributed by atoms with van der Waals surface area (Å²) in [6, 6.07) is 7.34. The number of rotatable bonds is 2. The van der Waals surface area contributed by atoms with E-state index in [1.54, 1.807) is 6.07 Å². The molecule has 0 saturated carbocycles. The molecule has 1 amide bonds. The summed E-state index contributed by atoms with van der Waals surface area (Å²) in [5.74, 6) is 0.862. The molecule has 3 nitrogen and oxygen atoms in total. The van der Waals surface area contributed by atoms with Gasteiger partial charge in [-0.1, -0.05) is 25.5 Å². The van der Waals surface area contributed by atoms with Gasteiger partial charge in [0.2, 0.25) is 0 Å². The molecule has 1 heterocycles. The third-order valence-electron chi connectivity index (χ3n) is 3.90. The van der Waals surface area contributed by atoms with Gasteiger partial charge >= 0.3 is 0 Å². The largest absolute Gasteiger partial charge is 0.398 e. The minimum Gasteiger partial charge on any atom is -0.398 e. The van der Waals surface area contributed by atoms with Crippen molar-refractivity contribution in [3.8, 4) is 0 Å². The van der Waals surface area contributed by atoms with E-state index < -0.39 is 0 Å². The molecule has 1 aliphatic heterocycles. The summed E-state index contributed by atoms with van der Waals surface area (Å²) in [5.41, 5.74) is 7.10. The number of para-hydroxylation sites is 1. The van der Waals surface area contributed by atoms with Crippen molar-refractivity contribution in [1.82, 2.24) is 4.90 Å². The van der Waals surface area contributed by atoms with Crippen LogP contribution in [0.5, 0.6) is 0 Å². The zero-order chi connectivity index (χ0) is 13.0. The average molecular weight is 246 g/mol. The van der Waals surface area contributed by atoms with Gasteiger partial charge in [-0.3, -0.25) is 4.79 Å². The molecule has 0 aliphatic carbocycles. The van der Waals surface area contributed by atoms with Crippen LogP contribution in [0.3, 0.4) is 0 Å². The predicted molar refractivity (Wildman–Crippen MR) is 74.4 cm³/mol. The number of nitrogens with zero attached hydrogens (tertiary/aromatic N) is 1. The Labute approximate surface area is 109 Å². The Bertz CT molecular complexity index is 417. The van der Waals surface area contributed by atoms with Crippen molar-refractivity contribution in [2.24, 2.45) is 5.92 Å². The molecule has 2 N–H and O–H groups in total. The minimum atomic E-state index is 0.0878. The summed E-state index contributed by atoms with van der Waals surface area (Å²) in [6.07, 6.45) is 4.69. The highest BCUT2D eigenvalue weighted by Gasteiger charge is 2.21. The van der Waals surface area contributed by atoms with Crippen molar-refractivity contribution < 1.29 is 4.79 Å². The fraction of sp³-hybridized carbons (Fsp3) is 0.533. The molecule has 1 aromatic carbocycles. The standard InChI is InChI=1S/C15H22N2O/c1-2-12-6-5-10-17(11-9-12)15(18)13-7-3-4-8-14(13)16/h3-4,7-8,12H,2,5-6,9-11,16H2,1H3. The molecule has 1 atom stereocenters. The van der Waals surface area contributed by atoms with E-state index in [0.29, 0.717) is 11.3 Å². The maximum atomic E-state index is 12.4. The van der Waals surface area contributed by atoms with Gasteiger partial charge in [-0.25, -0.2) is 0 Å². The molecule has 1 fully saturated rings. The molecular weight excluding hydrogens is 224 g/mol. The van der Waals surface area contributed by atoms with Crippen molar-refractivity contribution in [1.29, 1.82) is 0 Å². The maximum Gasteiger partial charge on any atom is 0.255 e. The Kier molecular flexibility index (Phi) is 4.24. The van der Waals surface area contributed by atoms with Gasteiger partial charge in [-0.2, -0.15) is 0 Å². The van der Waals surface area contributed by atoms with Gasteiger partial charge < -0.3 is 10.6 Å². The third kappa shape index (κ3) is 2.84. The van der Waals surface area contributed by atoms with Crippen molar-refractivity contribution in [2.45, 2.75) is 32.6 Å². The number of anilines is 1. The fourth-order valence-electron chi connectivity index (χ4n) is 2.64. The Hall–Kier alpha value is -1.51. The van der Waals surface area contributed by atoms with Crippen molar-refractivity contribution >= 4 is 11.6 Å². The number of likely N-dealkylation sites (tertiary alicyclic amines) is 1. The molecular formula is C15H22N2O. The molecule has 1 aliphatic rings. The van der Waals surface area contributed by atoms with E-state index in [-0.39, 0.29) is 5.91 Å². The van der Waals surface area contributed by atoms with Crippen molar-refractivity contribution in [3.63, 3.8) is 0 Å². The van der Waals surface area contributed by atoms with Crippen LogP contribution in [0.25, 0.3) is 0 Å². The van der Waals surface area contributed by atoms with Gasteiger partial charge in [0.25, 0.3) is 5.91 Å². The summed E-state index contributed by atoms with van der Waals surface area (Å²) in [7, 11) is 0. The van der Waals surface area contributed by atoms with Gasteiger partial charge in [0, 0.05) is 18.8 Å². The Morgan fingerprint density at radius 2 is 2.11 bits per heavy atom. The highest BCUT2D eigenvalue weighted by molar-refractivity contribution is 5.99. The number of hydrogen-bond donors (Lipinski definition) is 1. The summed E-state index contributed by atoms with van der Waals surface area (Å²) in [4.78, 5) is 14.4. The lowest BCUT2D eigenvalue weighted by Crippen LogP contribution is -2.32. The van der Waals surface area contributed by atoms with Gasteiger partial charge in [-0.05, 0) is 37.3 Å². The van der Waals surface area contributed by atoms with Crippen molar-refractivity contribution in [3.05, 3.63) is 29.8 Å². The number of amides is 1. The molecule has 2 rings (SSSR count). The lowest BCUT2D eigenvalue weighted by molar-refractivity contribution is 0.0761. The van der Waals surface area contributed by atoms with Crippen LogP contribution in [0.15, 0.2) is 24.3 Å². The van der Waals surface area contributed by atoms with E-state index in [0.717, 1.165) is 31.8 Å². The Morgan fingerprint density at radius 3 is 2.83 bits per heavy atom. The quantitative estimate of drug-likeness (QED) is 0.815. The van der Waals surface area contributed by atoms with Crippen molar-refractivity contribution in [2.75, 3.05) is 18.8 Å². The molecule has 98 valence electrons. The van der Waals surface area contributed by atoms with Crippen LogP contribution >= 0.6 is 0 Å². The van der Waals surface area contributed by atoms with Crippen LogP contribution in [0.1, 0.15) is 43.0 Å². The van der Waals surface area contributed by atoms with Crippen LogP contribution in [-0.4, -0.2) is 23.9 Å². The summed E-state index contributed by atoms with van der Waals surface area (Å²) >= 11 is 0. The predicted octanol–water partition coefficient (Wildman–Crippen LogP) is 2.92. The lowest BCUT2D eigenvalue weighted by Gasteiger charge is -2.21. The van der Waals surface area contributed by atoms with E-state index in [1.807, 2.05) is 23.1 Å². The molecule has 1 aromatic rings. The van der Waals surface area contributed by atoms with E-state index >= 15 is 0 Å². The first-order chi connectivity index (χ1) is 8.72. The van der Waals surface area contributed by atoms with E-state index in [1.165, 1.54) is 12.8 Å². The van der Waals surface area contributed by atoms with Crippen LogP contribution in [-0.2, 0) is 0 Å². The maximum absolute atomic E-state index is 12.4. The first-order valence-electron chi connectivity index (χ1n) is 6.86. The van der Waals surface area contributed by atoms with Crippen LogP contribution in [0.2, 0.25) is 0 Å². The number of hydrogen-bond acceptors (Lipinski definition) is 2. The molecule has 1 saturated heterocycles. The molecule has 0 radical (unpaired) electrons. The number of carbonyl (C=O) groups is 1. The van der Waals surface area contributed by atoms with E-state index in [4.69, 9.17) is 5.73 Å². The number of nitrogen functional groups attached to an aromatic ring is 1. The Morgan fingerprint density at radius 1 is 1.33 bits per heavy atom. The summed E-state index contributed by atoms with van der Waals surface area (Å²) in [5, 5.41) is 0. The van der Waals surface area contributed by atoms with Crippen LogP contribution in [0, 0.1) is 5.92 Å². The molecule has 0 bridgehead atoms. The number of benzene rings is 1. The second-order valence-corrected chi connectivity index (χ2v) is 5.08. The zero-order valence-electron chi connectivity index (χ0n) is 11.1. The lowest BCUT2D eigenvalue weighted by atomic mass is 9.98. The highest BCUT2D eigenvalue weighted by atomic mass is 16.2. The molecule has 3 heteroatoms. The normalized spacial score (nSPS) is 20.5. The van der Waals surface area contributed by atoms with Gasteiger partial charge in [0.15, 0.2) is 0 Å². The smallest absolute Gasteiger partial charge is 0.255 e. The second kappa shape index (κ2) is 5.89. The monoisotopic (exact) mass is 246 g/mol. The van der Waals surface area contributed by atoms with Crippen LogP contribution in [0.4, 0.5) is 5.69 Å². The summed E-state index contributed by atoms with van der Waals surface area (Å²) < 4.78 is 0. The first kappa shape index (κ1) is 12.9. The van der Waals surface area contributed by atoms with Gasteiger partial charge in [-0.15, -0.1) is 0 Å². The second-order valence-electron chi connectivity index (χ2n) is 5.08. The fourth-order valence-corrected chi connectivity index (χ4v) is 2.64. The third-order valence-corrected chi connectivity index (χ3v) is 3.90. The molecule has 1 unspecified atom stereocenters. The first-order valence-corrected chi connectivity index (χ1v) is 6.86. The molecule has 0 spiro atoms. The average Bonchev–Trinajstić information content (AvgIpc) is 2.63. The number of nitrogens with two attached hydrogens (primary N) is 1. The van der Waals surface area contributed by atoms with Gasteiger partial charge in [0.05, 0.1) is 5.56 Å². The SMILES string of the molecule is CCC1CCCN(C(=O)c2ccccc2N)CC1.